The first-order valence-corrected chi connectivity index (χ1v) is 6.01. The Hall–Kier alpha value is -1.18. The van der Waals surface area contributed by atoms with Crippen LogP contribution in [0.5, 0.6) is 0 Å². The lowest BCUT2D eigenvalue weighted by Gasteiger charge is -2.23. The Morgan fingerprint density at radius 1 is 1.76 bits per heavy atom. The van der Waals surface area contributed by atoms with Crippen molar-refractivity contribution >= 4 is 22.4 Å². The van der Waals surface area contributed by atoms with Crippen molar-refractivity contribution in [3.8, 4) is 0 Å². The van der Waals surface area contributed by atoms with Crippen LogP contribution in [0.2, 0.25) is 0 Å². The first-order valence-electron chi connectivity index (χ1n) is 5.13. The number of likely N-dealkylation sites (N-methyl/N-ethyl adjacent to an activating group) is 1. The predicted molar refractivity (Wildman–Crippen MR) is 66.4 cm³/mol. The lowest BCUT2D eigenvalue weighted by Crippen LogP contribution is -2.32. The molecule has 1 heterocycles. The third-order valence-electron chi connectivity index (χ3n) is 2.47. The second-order valence-corrected chi connectivity index (χ2v) is 4.62. The van der Waals surface area contributed by atoms with E-state index in [2.05, 4.69) is 4.98 Å². The van der Waals surface area contributed by atoms with Gasteiger partial charge in [0, 0.05) is 19.5 Å². The number of carbonyl (C=O) groups is 1. The number of ether oxygens (including phenoxy) is 1. The van der Waals surface area contributed by atoms with Crippen LogP contribution in [0.4, 0.5) is 5.13 Å². The summed E-state index contributed by atoms with van der Waals surface area (Å²) in [6, 6.07) is -0.897. The van der Waals surface area contributed by atoms with Crippen LogP contribution >= 0.6 is 11.3 Å². The highest BCUT2D eigenvalue weighted by Gasteiger charge is 2.20. The van der Waals surface area contributed by atoms with Gasteiger partial charge in [-0.25, -0.2) is 4.98 Å². The van der Waals surface area contributed by atoms with Gasteiger partial charge < -0.3 is 20.5 Å². The molecule has 2 atom stereocenters. The van der Waals surface area contributed by atoms with Crippen LogP contribution in [-0.2, 0) is 9.53 Å². The van der Waals surface area contributed by atoms with E-state index in [1.807, 2.05) is 18.9 Å². The third-order valence-corrected chi connectivity index (χ3v) is 3.41. The molecule has 0 saturated carbocycles. The average Bonchev–Trinajstić information content (AvgIpc) is 2.76. The zero-order chi connectivity index (χ0) is 13.0. The van der Waals surface area contributed by atoms with E-state index in [4.69, 9.17) is 15.6 Å². The minimum atomic E-state index is -1.07. The largest absolute Gasteiger partial charge is 0.480 e. The van der Waals surface area contributed by atoms with E-state index in [1.54, 1.807) is 12.5 Å². The zero-order valence-corrected chi connectivity index (χ0v) is 10.9. The fourth-order valence-electron chi connectivity index (χ4n) is 1.25. The number of anilines is 1. The van der Waals surface area contributed by atoms with Gasteiger partial charge in [-0.15, -0.1) is 11.3 Å². The Kier molecular flexibility index (Phi) is 4.86. The molecule has 0 aromatic carbocycles. The molecule has 3 N–H and O–H groups in total. The van der Waals surface area contributed by atoms with Crippen molar-refractivity contribution in [1.82, 2.24) is 4.98 Å². The number of hydrogen-bond acceptors (Lipinski definition) is 6. The summed E-state index contributed by atoms with van der Waals surface area (Å²) in [6.07, 6.45) is 0. The van der Waals surface area contributed by atoms with Crippen LogP contribution in [0.15, 0.2) is 5.38 Å². The van der Waals surface area contributed by atoms with Gasteiger partial charge in [0.05, 0.1) is 18.3 Å². The Morgan fingerprint density at radius 2 is 2.41 bits per heavy atom. The van der Waals surface area contributed by atoms with Gasteiger partial charge in [-0.2, -0.15) is 0 Å². The first-order chi connectivity index (χ1) is 7.97. The molecule has 0 aliphatic heterocycles. The Bertz CT molecular complexity index is 383. The monoisotopic (exact) mass is 259 g/mol. The molecule has 6 nitrogen and oxygen atoms in total. The topological polar surface area (TPSA) is 88.7 Å². The molecule has 0 saturated heterocycles. The number of nitrogens with zero attached hydrogens (tertiary/aromatic N) is 2. The molecule has 0 amide bonds. The summed E-state index contributed by atoms with van der Waals surface area (Å²) < 4.78 is 5.06. The Morgan fingerprint density at radius 3 is 2.94 bits per heavy atom. The molecule has 0 spiro atoms. The summed E-state index contributed by atoms with van der Waals surface area (Å²) in [7, 11) is 3.52. The molecule has 0 bridgehead atoms. The summed E-state index contributed by atoms with van der Waals surface area (Å²) in [5.41, 5.74) is 5.87. The molecule has 17 heavy (non-hydrogen) atoms. The quantitative estimate of drug-likeness (QED) is 0.781. The van der Waals surface area contributed by atoms with E-state index >= 15 is 0 Å². The molecule has 1 aromatic rings. The van der Waals surface area contributed by atoms with E-state index in [1.165, 1.54) is 11.3 Å². The Labute approximate surface area is 104 Å². The molecule has 0 aliphatic rings. The number of thiazole rings is 1. The second-order valence-electron chi connectivity index (χ2n) is 3.79. The van der Waals surface area contributed by atoms with Crippen molar-refractivity contribution in [3.63, 3.8) is 0 Å². The minimum absolute atomic E-state index is 0.167. The summed E-state index contributed by atoms with van der Waals surface area (Å²) in [4.78, 5) is 16.9. The van der Waals surface area contributed by atoms with Gasteiger partial charge in [-0.05, 0) is 6.92 Å². The van der Waals surface area contributed by atoms with Gasteiger partial charge in [0.2, 0.25) is 0 Å². The highest BCUT2D eigenvalue weighted by molar-refractivity contribution is 7.13. The van der Waals surface area contributed by atoms with Gasteiger partial charge in [-0.3, -0.25) is 4.79 Å². The first kappa shape index (κ1) is 13.9. The van der Waals surface area contributed by atoms with Crippen molar-refractivity contribution in [3.05, 3.63) is 11.1 Å². The number of nitrogens with two attached hydrogens (primary N) is 1. The fraction of sp³-hybridized carbons (Fsp3) is 0.600. The molecule has 2 unspecified atom stereocenters. The number of methoxy groups -OCH3 is 1. The molecular formula is C10H17N3O3S. The SMILES string of the molecule is COCC(C)N(C)c1nc(C(N)C(=O)O)cs1. The van der Waals surface area contributed by atoms with Crippen LogP contribution in [-0.4, -0.2) is 42.9 Å². The lowest BCUT2D eigenvalue weighted by molar-refractivity contribution is -0.138. The molecular weight excluding hydrogens is 242 g/mol. The highest BCUT2D eigenvalue weighted by atomic mass is 32.1. The van der Waals surface area contributed by atoms with Crippen molar-refractivity contribution in [2.24, 2.45) is 5.73 Å². The van der Waals surface area contributed by atoms with Gasteiger partial charge in [0.25, 0.3) is 0 Å². The maximum absolute atomic E-state index is 10.7. The number of carboxylic acid groups (broad SMARTS) is 1. The maximum Gasteiger partial charge on any atom is 0.326 e. The van der Waals surface area contributed by atoms with Crippen molar-refractivity contribution in [1.29, 1.82) is 0 Å². The number of aliphatic carboxylic acids is 1. The zero-order valence-electron chi connectivity index (χ0n) is 10.1. The molecule has 1 rings (SSSR count). The number of carboxylic acids is 1. The highest BCUT2D eigenvalue weighted by Crippen LogP contribution is 2.23. The summed E-state index contributed by atoms with van der Waals surface area (Å²) in [5.74, 6) is -1.07. The van der Waals surface area contributed by atoms with E-state index < -0.39 is 12.0 Å². The van der Waals surface area contributed by atoms with Gasteiger partial charge in [0.15, 0.2) is 5.13 Å². The molecule has 0 radical (unpaired) electrons. The van der Waals surface area contributed by atoms with E-state index in [0.717, 1.165) is 5.13 Å². The maximum atomic E-state index is 10.7. The summed E-state index contributed by atoms with van der Waals surface area (Å²) in [5, 5.41) is 11.2. The second kappa shape index (κ2) is 5.95. The van der Waals surface area contributed by atoms with Gasteiger partial charge in [0.1, 0.15) is 6.04 Å². The van der Waals surface area contributed by atoms with Crippen LogP contribution in [0.3, 0.4) is 0 Å². The van der Waals surface area contributed by atoms with Gasteiger partial charge in [-0.1, -0.05) is 0 Å². The van der Waals surface area contributed by atoms with Crippen LogP contribution in [0, 0.1) is 0 Å². The van der Waals surface area contributed by atoms with Crippen LogP contribution < -0.4 is 10.6 Å². The predicted octanol–water partition coefficient (Wildman–Crippen LogP) is 0.699. The molecule has 7 heteroatoms. The van der Waals surface area contributed by atoms with Crippen LogP contribution in [0.1, 0.15) is 18.7 Å². The van der Waals surface area contributed by atoms with Crippen LogP contribution in [0.25, 0.3) is 0 Å². The summed E-state index contributed by atoms with van der Waals surface area (Å²) >= 11 is 1.37. The number of aromatic nitrogens is 1. The van der Waals surface area contributed by atoms with E-state index in [-0.39, 0.29) is 6.04 Å². The fourth-order valence-corrected chi connectivity index (χ4v) is 2.18. The number of hydrogen-bond donors (Lipinski definition) is 2. The number of rotatable bonds is 6. The average molecular weight is 259 g/mol. The van der Waals surface area contributed by atoms with E-state index in [9.17, 15) is 4.79 Å². The minimum Gasteiger partial charge on any atom is -0.480 e. The van der Waals surface area contributed by atoms with Crippen molar-refractivity contribution < 1.29 is 14.6 Å². The van der Waals surface area contributed by atoms with Crippen molar-refractivity contribution in [2.45, 2.75) is 19.0 Å². The van der Waals surface area contributed by atoms with E-state index in [0.29, 0.717) is 12.3 Å². The smallest absolute Gasteiger partial charge is 0.326 e. The van der Waals surface area contributed by atoms with Gasteiger partial charge >= 0.3 is 5.97 Å². The normalized spacial score (nSPS) is 14.4. The molecule has 0 fully saturated rings. The molecule has 1 aromatic heterocycles. The van der Waals surface area contributed by atoms with Crippen molar-refractivity contribution in [2.75, 3.05) is 25.7 Å². The third kappa shape index (κ3) is 3.39. The Balaban J connectivity index is 2.77. The summed E-state index contributed by atoms with van der Waals surface area (Å²) in [6.45, 7) is 2.58. The lowest BCUT2D eigenvalue weighted by atomic mass is 10.2. The standard InChI is InChI=1S/C10H17N3O3S/c1-6(4-16-3)13(2)10-12-7(5-17-10)8(11)9(14)15/h5-6,8H,4,11H2,1-3H3,(H,14,15). The molecule has 96 valence electrons. The molecule has 0 aliphatic carbocycles.